The Hall–Kier alpha value is -1.91. The molecule has 0 amide bonds. The van der Waals surface area contributed by atoms with Crippen LogP contribution in [0, 0.1) is 0 Å². The number of hydrogen-bond donors (Lipinski definition) is 1. The molecule has 0 saturated heterocycles. The second-order valence-electron chi connectivity index (χ2n) is 6.39. The lowest BCUT2D eigenvalue weighted by molar-refractivity contribution is -0.264. The summed E-state index contributed by atoms with van der Waals surface area (Å²) >= 11 is 0. The fraction of sp³-hybridized carbons (Fsp3) is 0.542. The lowest BCUT2D eigenvalue weighted by Crippen LogP contribution is -2.04. The smallest absolute Gasteiger partial charge is 0.305 e. The Morgan fingerprint density at radius 3 is 2.39 bits per heavy atom. The average molecular weight is 391 g/mol. The minimum atomic E-state index is -0.324. The van der Waals surface area contributed by atoms with Gasteiger partial charge in [0.05, 0.1) is 6.61 Å². The minimum absolute atomic E-state index is 0.0941. The van der Waals surface area contributed by atoms with Gasteiger partial charge in [-0.2, -0.15) is 0 Å². The van der Waals surface area contributed by atoms with Gasteiger partial charge in [0.1, 0.15) is 6.10 Å². The standard InChI is InChI=1S/C24H38O4/c1-3-5-6-7-11-14-17-20-23(28-26)21-18-15-12-9-8-10-13-16-19-22-24(25)27-4-2/h5-6,8-9,11,14-15,17-18,20,23,26H,3-4,7,10,12-13,16,19,21-22H2,1-2H3/b6-5-,9-8-,14-11-,18-15-,20-17+. The van der Waals surface area contributed by atoms with Crippen molar-refractivity contribution < 1.29 is 19.7 Å². The first-order chi connectivity index (χ1) is 13.7. The highest BCUT2D eigenvalue weighted by molar-refractivity contribution is 5.69. The SMILES string of the molecule is CC/C=C\C/C=C\C=C\C(C/C=C\C/C=C\CCCCCC(=O)OCC)OO. The van der Waals surface area contributed by atoms with E-state index < -0.39 is 0 Å². The molecule has 0 aliphatic rings. The van der Waals surface area contributed by atoms with E-state index in [2.05, 4.69) is 48.3 Å². The van der Waals surface area contributed by atoms with E-state index in [0.29, 0.717) is 19.4 Å². The molecule has 0 aromatic carbocycles. The van der Waals surface area contributed by atoms with Crippen molar-refractivity contribution in [3.8, 4) is 0 Å². The average Bonchev–Trinajstić information content (AvgIpc) is 2.69. The van der Waals surface area contributed by atoms with Gasteiger partial charge in [-0.15, -0.1) is 0 Å². The third-order valence-electron chi connectivity index (χ3n) is 3.91. The molecule has 1 N–H and O–H groups in total. The predicted molar refractivity (Wildman–Crippen MR) is 117 cm³/mol. The fourth-order valence-electron chi connectivity index (χ4n) is 2.40. The van der Waals surface area contributed by atoms with Gasteiger partial charge in [0.15, 0.2) is 0 Å². The maximum absolute atomic E-state index is 11.2. The third-order valence-corrected chi connectivity index (χ3v) is 3.91. The molecule has 0 aromatic heterocycles. The van der Waals surface area contributed by atoms with Crippen molar-refractivity contribution in [2.45, 2.75) is 77.7 Å². The third kappa shape index (κ3) is 18.9. The molecule has 0 rings (SSSR count). The Balaban J connectivity index is 3.75. The number of esters is 1. The molecule has 4 heteroatoms. The van der Waals surface area contributed by atoms with Crippen LogP contribution in [0.3, 0.4) is 0 Å². The van der Waals surface area contributed by atoms with E-state index in [4.69, 9.17) is 9.99 Å². The summed E-state index contributed by atoms with van der Waals surface area (Å²) in [5.74, 6) is -0.0941. The first kappa shape index (κ1) is 26.1. The summed E-state index contributed by atoms with van der Waals surface area (Å²) < 4.78 is 4.90. The fourth-order valence-corrected chi connectivity index (χ4v) is 2.40. The Kier molecular flexibility index (Phi) is 19.9. The molecule has 1 unspecified atom stereocenters. The van der Waals surface area contributed by atoms with E-state index in [0.717, 1.165) is 44.9 Å². The Labute approximate surface area is 171 Å². The molecule has 0 aromatic rings. The summed E-state index contributed by atoms with van der Waals surface area (Å²) in [6, 6.07) is 0. The Morgan fingerprint density at radius 1 is 0.893 bits per heavy atom. The van der Waals surface area contributed by atoms with Crippen LogP contribution in [0.2, 0.25) is 0 Å². The van der Waals surface area contributed by atoms with Crippen LogP contribution in [0.4, 0.5) is 0 Å². The normalized spacial score (nSPS) is 13.7. The van der Waals surface area contributed by atoms with Crippen LogP contribution in [0.25, 0.3) is 0 Å². The van der Waals surface area contributed by atoms with Gasteiger partial charge in [0, 0.05) is 6.42 Å². The Bertz CT molecular complexity index is 501. The largest absolute Gasteiger partial charge is 0.466 e. The van der Waals surface area contributed by atoms with Gasteiger partial charge in [-0.05, 0) is 51.9 Å². The van der Waals surface area contributed by atoms with Gasteiger partial charge in [-0.1, -0.05) is 74.1 Å². The summed E-state index contributed by atoms with van der Waals surface area (Å²) in [7, 11) is 0. The molecule has 158 valence electrons. The van der Waals surface area contributed by atoms with E-state index in [1.165, 1.54) is 0 Å². The van der Waals surface area contributed by atoms with Crippen molar-refractivity contribution in [2.75, 3.05) is 6.61 Å². The second kappa shape index (κ2) is 21.4. The number of ether oxygens (including phenoxy) is 1. The van der Waals surface area contributed by atoms with E-state index >= 15 is 0 Å². The Morgan fingerprint density at radius 2 is 1.64 bits per heavy atom. The highest BCUT2D eigenvalue weighted by atomic mass is 17.1. The summed E-state index contributed by atoms with van der Waals surface area (Å²) in [5, 5.41) is 8.94. The molecule has 4 nitrogen and oxygen atoms in total. The topological polar surface area (TPSA) is 55.8 Å². The summed E-state index contributed by atoms with van der Waals surface area (Å²) in [5.41, 5.74) is 0. The highest BCUT2D eigenvalue weighted by Gasteiger charge is 2.00. The van der Waals surface area contributed by atoms with Gasteiger partial charge in [-0.25, -0.2) is 4.89 Å². The molecule has 0 bridgehead atoms. The quantitative estimate of drug-likeness (QED) is 0.0748. The van der Waals surface area contributed by atoms with E-state index in [1.54, 1.807) is 0 Å². The molecule has 0 spiro atoms. The number of rotatable bonds is 17. The van der Waals surface area contributed by atoms with Crippen LogP contribution in [-0.2, 0) is 14.4 Å². The van der Waals surface area contributed by atoms with Crippen LogP contribution in [-0.4, -0.2) is 23.9 Å². The van der Waals surface area contributed by atoms with Gasteiger partial charge in [0.2, 0.25) is 0 Å². The van der Waals surface area contributed by atoms with E-state index in [9.17, 15) is 4.79 Å². The van der Waals surface area contributed by atoms with Gasteiger partial charge in [0.25, 0.3) is 0 Å². The molecule has 0 aliphatic heterocycles. The maximum Gasteiger partial charge on any atom is 0.305 e. The minimum Gasteiger partial charge on any atom is -0.466 e. The lowest BCUT2D eigenvalue weighted by atomic mass is 10.1. The van der Waals surface area contributed by atoms with Crippen LogP contribution in [0.15, 0.2) is 60.8 Å². The number of carbonyl (C=O) groups excluding carboxylic acids is 1. The molecule has 1 atom stereocenters. The predicted octanol–water partition coefficient (Wildman–Crippen LogP) is 6.72. The number of hydrogen-bond acceptors (Lipinski definition) is 4. The molecular formula is C24H38O4. The molecular weight excluding hydrogens is 352 g/mol. The van der Waals surface area contributed by atoms with Crippen molar-refractivity contribution >= 4 is 5.97 Å². The maximum atomic E-state index is 11.2. The van der Waals surface area contributed by atoms with Crippen LogP contribution in [0.1, 0.15) is 71.6 Å². The first-order valence-corrected chi connectivity index (χ1v) is 10.5. The summed E-state index contributed by atoms with van der Waals surface area (Å²) in [4.78, 5) is 15.7. The second-order valence-corrected chi connectivity index (χ2v) is 6.39. The molecule has 0 radical (unpaired) electrons. The molecule has 0 heterocycles. The van der Waals surface area contributed by atoms with Crippen molar-refractivity contribution in [1.29, 1.82) is 0 Å². The monoisotopic (exact) mass is 390 g/mol. The van der Waals surface area contributed by atoms with Crippen molar-refractivity contribution in [3.63, 3.8) is 0 Å². The van der Waals surface area contributed by atoms with Crippen LogP contribution >= 0.6 is 0 Å². The van der Waals surface area contributed by atoms with Crippen LogP contribution in [0.5, 0.6) is 0 Å². The van der Waals surface area contributed by atoms with E-state index in [1.807, 2.05) is 31.2 Å². The molecule has 0 saturated carbocycles. The summed E-state index contributed by atoms with van der Waals surface area (Å²) in [6.07, 6.45) is 28.2. The van der Waals surface area contributed by atoms with Crippen LogP contribution < -0.4 is 0 Å². The van der Waals surface area contributed by atoms with Gasteiger partial charge in [-0.3, -0.25) is 10.1 Å². The van der Waals surface area contributed by atoms with Crippen molar-refractivity contribution in [2.24, 2.45) is 0 Å². The zero-order valence-electron chi connectivity index (χ0n) is 17.6. The van der Waals surface area contributed by atoms with Gasteiger partial charge < -0.3 is 4.74 Å². The number of unbranched alkanes of at least 4 members (excludes halogenated alkanes) is 3. The zero-order valence-corrected chi connectivity index (χ0v) is 17.6. The highest BCUT2D eigenvalue weighted by Crippen LogP contribution is 2.06. The van der Waals surface area contributed by atoms with Gasteiger partial charge >= 0.3 is 5.97 Å². The zero-order chi connectivity index (χ0) is 20.7. The van der Waals surface area contributed by atoms with Crippen molar-refractivity contribution in [3.05, 3.63) is 60.8 Å². The first-order valence-electron chi connectivity index (χ1n) is 10.5. The number of carbonyl (C=O) groups is 1. The molecule has 0 aliphatic carbocycles. The van der Waals surface area contributed by atoms with E-state index in [-0.39, 0.29) is 12.1 Å². The number of allylic oxidation sites excluding steroid dienone is 8. The summed E-state index contributed by atoms with van der Waals surface area (Å²) in [6.45, 7) is 4.41. The lowest BCUT2D eigenvalue weighted by Gasteiger charge is -2.03. The molecule has 28 heavy (non-hydrogen) atoms. The molecule has 0 fully saturated rings. The van der Waals surface area contributed by atoms with Crippen molar-refractivity contribution in [1.82, 2.24) is 0 Å².